The number of pyridine rings is 1. The second-order valence-corrected chi connectivity index (χ2v) is 10.3. The first-order valence-electron chi connectivity index (χ1n) is 11.3. The maximum Gasteiger partial charge on any atom is 0.339 e. The molecule has 2 atom stereocenters. The van der Waals surface area contributed by atoms with E-state index in [1.54, 1.807) is 30.6 Å². The SMILES string of the molecule is NS(=O)(=O)c1ccc([C@@H]2C[C@H]2C(=O)Nc2ccc3cnccc3c2)cc1C(=O)OCc1ccccc1. The molecule has 36 heavy (non-hydrogen) atoms. The number of sulfonamides is 1. The van der Waals surface area contributed by atoms with Crippen molar-refractivity contribution in [3.05, 3.63) is 102 Å². The van der Waals surface area contributed by atoms with Crippen molar-refractivity contribution in [2.24, 2.45) is 11.1 Å². The highest BCUT2D eigenvalue weighted by atomic mass is 32.2. The summed E-state index contributed by atoms with van der Waals surface area (Å²) < 4.78 is 29.6. The molecular weight excluding hydrogens is 478 g/mol. The molecule has 0 unspecified atom stereocenters. The molecule has 1 saturated carbocycles. The Labute approximate surface area is 208 Å². The van der Waals surface area contributed by atoms with E-state index in [0.29, 0.717) is 17.7 Å². The molecule has 0 aliphatic heterocycles. The van der Waals surface area contributed by atoms with E-state index in [0.717, 1.165) is 16.3 Å². The molecule has 1 amide bonds. The number of nitrogens with one attached hydrogen (secondary N) is 1. The van der Waals surface area contributed by atoms with Crippen LogP contribution in [0.25, 0.3) is 10.8 Å². The lowest BCUT2D eigenvalue weighted by atomic mass is 10.1. The Kier molecular flexibility index (Phi) is 6.26. The summed E-state index contributed by atoms with van der Waals surface area (Å²) >= 11 is 0. The van der Waals surface area contributed by atoms with E-state index in [2.05, 4.69) is 10.3 Å². The van der Waals surface area contributed by atoms with Gasteiger partial charge in [0.25, 0.3) is 0 Å². The van der Waals surface area contributed by atoms with Crippen molar-refractivity contribution in [2.45, 2.75) is 23.8 Å². The lowest BCUT2D eigenvalue weighted by molar-refractivity contribution is -0.117. The van der Waals surface area contributed by atoms with E-state index in [4.69, 9.17) is 9.88 Å². The van der Waals surface area contributed by atoms with E-state index in [-0.39, 0.29) is 34.8 Å². The first-order valence-corrected chi connectivity index (χ1v) is 12.9. The quantitative estimate of drug-likeness (QED) is 0.369. The van der Waals surface area contributed by atoms with E-state index in [1.165, 1.54) is 12.1 Å². The first kappa shape index (κ1) is 23.7. The fraction of sp³-hybridized carbons (Fsp3) is 0.148. The molecule has 1 aliphatic rings. The Morgan fingerprint density at radius 2 is 1.81 bits per heavy atom. The van der Waals surface area contributed by atoms with Crippen LogP contribution in [-0.4, -0.2) is 25.3 Å². The van der Waals surface area contributed by atoms with Gasteiger partial charge < -0.3 is 10.1 Å². The zero-order valence-electron chi connectivity index (χ0n) is 19.1. The summed E-state index contributed by atoms with van der Waals surface area (Å²) in [4.78, 5) is 29.5. The number of aromatic nitrogens is 1. The van der Waals surface area contributed by atoms with Gasteiger partial charge in [0.2, 0.25) is 15.9 Å². The highest BCUT2D eigenvalue weighted by Gasteiger charge is 2.44. The minimum atomic E-state index is -4.16. The third-order valence-corrected chi connectivity index (χ3v) is 7.18. The van der Waals surface area contributed by atoms with Gasteiger partial charge in [-0.3, -0.25) is 9.78 Å². The van der Waals surface area contributed by atoms with Crippen LogP contribution in [0.1, 0.15) is 33.8 Å². The molecule has 9 heteroatoms. The van der Waals surface area contributed by atoms with Crippen molar-refractivity contribution in [1.82, 2.24) is 4.98 Å². The molecular formula is C27H23N3O5S. The lowest BCUT2D eigenvalue weighted by Gasteiger charge is -2.11. The van der Waals surface area contributed by atoms with Gasteiger partial charge in [-0.25, -0.2) is 18.4 Å². The molecule has 0 spiro atoms. The smallest absolute Gasteiger partial charge is 0.339 e. The second-order valence-electron chi connectivity index (χ2n) is 8.74. The lowest BCUT2D eigenvalue weighted by Crippen LogP contribution is -2.18. The number of carbonyl (C=O) groups excluding carboxylic acids is 2. The Morgan fingerprint density at radius 3 is 2.58 bits per heavy atom. The molecule has 8 nitrogen and oxygen atoms in total. The number of nitrogens with two attached hydrogens (primary N) is 1. The molecule has 1 aliphatic carbocycles. The van der Waals surface area contributed by atoms with Crippen molar-refractivity contribution in [1.29, 1.82) is 0 Å². The van der Waals surface area contributed by atoms with Crippen LogP contribution in [0.15, 0.2) is 90.1 Å². The number of benzene rings is 3. The van der Waals surface area contributed by atoms with Crippen molar-refractivity contribution in [3.63, 3.8) is 0 Å². The van der Waals surface area contributed by atoms with Gasteiger partial charge in [0, 0.05) is 29.4 Å². The van der Waals surface area contributed by atoms with Crippen molar-refractivity contribution >= 4 is 38.4 Å². The van der Waals surface area contributed by atoms with E-state index >= 15 is 0 Å². The molecule has 1 aromatic heterocycles. The third-order valence-electron chi connectivity index (χ3n) is 6.21. The highest BCUT2D eigenvalue weighted by molar-refractivity contribution is 7.89. The number of carbonyl (C=O) groups is 2. The minimum absolute atomic E-state index is 0.00968. The van der Waals surface area contributed by atoms with Gasteiger partial charge in [0.15, 0.2) is 0 Å². The topological polar surface area (TPSA) is 128 Å². The minimum Gasteiger partial charge on any atom is -0.457 e. The zero-order chi connectivity index (χ0) is 25.3. The van der Waals surface area contributed by atoms with Crippen LogP contribution in [0.3, 0.4) is 0 Å². The molecule has 182 valence electrons. The van der Waals surface area contributed by atoms with Crippen molar-refractivity contribution < 1.29 is 22.7 Å². The molecule has 4 aromatic rings. The number of rotatable bonds is 7. The first-order chi connectivity index (χ1) is 17.3. The average molecular weight is 502 g/mol. The second kappa shape index (κ2) is 9.52. The molecule has 0 bridgehead atoms. The highest BCUT2D eigenvalue weighted by Crippen LogP contribution is 2.48. The number of primary sulfonamides is 1. The van der Waals surface area contributed by atoms with E-state index in [9.17, 15) is 18.0 Å². The van der Waals surface area contributed by atoms with Crippen LogP contribution in [0, 0.1) is 5.92 Å². The van der Waals surface area contributed by atoms with Crippen LogP contribution >= 0.6 is 0 Å². The van der Waals surface area contributed by atoms with Gasteiger partial charge >= 0.3 is 5.97 Å². The van der Waals surface area contributed by atoms with Crippen LogP contribution < -0.4 is 10.5 Å². The molecule has 5 rings (SSSR count). The number of ether oxygens (including phenoxy) is 1. The molecule has 0 radical (unpaired) electrons. The Bertz CT molecular complexity index is 1570. The van der Waals surface area contributed by atoms with Crippen LogP contribution in [0.4, 0.5) is 5.69 Å². The van der Waals surface area contributed by atoms with E-state index < -0.39 is 16.0 Å². The summed E-state index contributed by atoms with van der Waals surface area (Å²) in [5.74, 6) is -1.38. The number of hydrogen-bond acceptors (Lipinski definition) is 6. The van der Waals surface area contributed by atoms with Gasteiger partial charge in [-0.15, -0.1) is 0 Å². The van der Waals surface area contributed by atoms with Crippen molar-refractivity contribution in [2.75, 3.05) is 5.32 Å². The molecule has 0 saturated heterocycles. The number of esters is 1. The van der Waals surface area contributed by atoms with Gasteiger partial charge in [0.1, 0.15) is 6.61 Å². The standard InChI is InChI=1S/C27H23N3O5S/c28-36(33,34)25-9-7-19(13-24(25)27(32)35-16-17-4-2-1-3-5-17)22-14-23(22)26(31)30-21-8-6-20-15-29-11-10-18(20)12-21/h1-13,15,22-23H,14,16H2,(H,30,31)(H2,28,33,34)/t22-,23+/m0/s1. The zero-order valence-corrected chi connectivity index (χ0v) is 19.9. The van der Waals surface area contributed by atoms with Gasteiger partial charge in [0.05, 0.1) is 10.5 Å². The van der Waals surface area contributed by atoms with Gasteiger partial charge in [-0.1, -0.05) is 42.5 Å². The maximum absolute atomic E-state index is 12.9. The number of anilines is 1. The summed E-state index contributed by atoms with van der Waals surface area (Å²) in [6, 6.07) is 20.9. The Hall–Kier alpha value is -4.08. The number of hydrogen-bond donors (Lipinski definition) is 2. The Morgan fingerprint density at radius 1 is 1.00 bits per heavy atom. The average Bonchev–Trinajstić information content (AvgIpc) is 3.68. The van der Waals surface area contributed by atoms with Crippen LogP contribution in [0.5, 0.6) is 0 Å². The number of nitrogens with zero attached hydrogens (tertiary/aromatic N) is 1. The predicted molar refractivity (Wildman–Crippen MR) is 135 cm³/mol. The predicted octanol–water partition coefficient (Wildman–Crippen LogP) is 3.98. The molecule has 1 fully saturated rings. The summed E-state index contributed by atoms with van der Waals surface area (Å²) in [7, 11) is -4.16. The monoisotopic (exact) mass is 501 g/mol. The van der Waals surface area contributed by atoms with Crippen LogP contribution in [0.2, 0.25) is 0 Å². The number of amides is 1. The fourth-order valence-corrected chi connectivity index (χ4v) is 4.94. The largest absolute Gasteiger partial charge is 0.457 e. The van der Waals surface area contributed by atoms with Crippen molar-refractivity contribution in [3.8, 4) is 0 Å². The van der Waals surface area contributed by atoms with Crippen LogP contribution in [-0.2, 0) is 26.2 Å². The summed E-state index contributed by atoms with van der Waals surface area (Å²) in [5, 5.41) is 10.2. The normalized spacial score (nSPS) is 16.9. The summed E-state index contributed by atoms with van der Waals surface area (Å²) in [6.07, 6.45) is 4.03. The summed E-state index contributed by atoms with van der Waals surface area (Å²) in [6.45, 7) is -0.00968. The van der Waals surface area contributed by atoms with Gasteiger partial charge in [-0.05, 0) is 59.2 Å². The Balaban J connectivity index is 1.32. The fourth-order valence-electron chi connectivity index (χ4n) is 4.24. The number of fused-ring (bicyclic) bond motifs is 1. The molecule has 1 heterocycles. The third kappa shape index (κ3) is 5.12. The molecule has 3 N–H and O–H groups in total. The van der Waals surface area contributed by atoms with Gasteiger partial charge in [-0.2, -0.15) is 0 Å². The van der Waals surface area contributed by atoms with E-state index in [1.807, 2.05) is 42.5 Å². The molecule has 3 aromatic carbocycles. The summed E-state index contributed by atoms with van der Waals surface area (Å²) in [5.41, 5.74) is 1.99. The maximum atomic E-state index is 12.9.